The molecule has 30 heavy (non-hydrogen) atoms. The number of hydrogen-bond acceptors (Lipinski definition) is 7. The normalized spacial score (nSPS) is 10.5. The van der Waals surface area contributed by atoms with E-state index in [1.165, 1.54) is 20.4 Å². The zero-order valence-electron chi connectivity index (χ0n) is 16.9. The van der Waals surface area contributed by atoms with Crippen molar-refractivity contribution >= 4 is 29.7 Å². The van der Waals surface area contributed by atoms with Gasteiger partial charge in [0.2, 0.25) is 0 Å². The van der Waals surface area contributed by atoms with E-state index in [9.17, 15) is 9.59 Å². The van der Waals surface area contributed by atoms with Crippen LogP contribution in [-0.4, -0.2) is 45.5 Å². The summed E-state index contributed by atoms with van der Waals surface area (Å²) in [6, 6.07) is 9.94. The fraction of sp³-hybridized carbons (Fsp3) is 0.286. The van der Waals surface area contributed by atoms with Crippen LogP contribution in [0.5, 0.6) is 17.2 Å². The molecule has 0 unspecified atom stereocenters. The van der Waals surface area contributed by atoms with Gasteiger partial charge in [-0.15, -0.1) is 0 Å². The van der Waals surface area contributed by atoms with Gasteiger partial charge in [0.15, 0.2) is 18.1 Å². The summed E-state index contributed by atoms with van der Waals surface area (Å²) in [6.07, 6.45) is 2.32. The molecule has 2 aromatic carbocycles. The van der Waals surface area contributed by atoms with Crippen LogP contribution in [0.1, 0.15) is 29.3 Å². The standard InChI is InChI=1S/C21H23ClN2O6/c1-4-9-29-16-7-5-15(6-8-16)21(26)24-23-12-14-10-17(22)20(18(11-14)27-2)30-13-19(25)28-3/h5-8,10-12H,4,9,13H2,1-3H3,(H,24,26)/b23-12-. The number of hydrogen-bond donors (Lipinski definition) is 1. The van der Waals surface area contributed by atoms with E-state index < -0.39 is 5.97 Å². The Labute approximate surface area is 179 Å². The first kappa shape index (κ1) is 23.0. The van der Waals surface area contributed by atoms with E-state index in [-0.39, 0.29) is 23.3 Å². The van der Waals surface area contributed by atoms with Gasteiger partial charge in [-0.05, 0) is 48.4 Å². The van der Waals surface area contributed by atoms with Crippen molar-refractivity contribution in [3.8, 4) is 17.2 Å². The van der Waals surface area contributed by atoms with Crippen molar-refractivity contribution in [1.82, 2.24) is 5.43 Å². The lowest BCUT2D eigenvalue weighted by Gasteiger charge is -2.12. The second-order valence-corrected chi connectivity index (χ2v) is 6.38. The SMILES string of the molecule is CCCOc1ccc(C(=O)N/N=C\c2cc(Cl)c(OCC(=O)OC)c(OC)c2)cc1. The molecule has 1 N–H and O–H groups in total. The van der Waals surface area contributed by atoms with Crippen LogP contribution in [0.3, 0.4) is 0 Å². The van der Waals surface area contributed by atoms with Gasteiger partial charge in [0.1, 0.15) is 5.75 Å². The molecule has 0 saturated carbocycles. The topological polar surface area (TPSA) is 95.5 Å². The molecule has 0 aliphatic carbocycles. The molecule has 0 spiro atoms. The predicted octanol–water partition coefficient (Wildman–Crippen LogP) is 3.45. The third-order valence-corrected chi connectivity index (χ3v) is 4.06. The molecule has 0 aliphatic heterocycles. The molecule has 0 atom stereocenters. The third kappa shape index (κ3) is 6.66. The molecule has 0 aromatic heterocycles. The number of esters is 1. The lowest BCUT2D eigenvalue weighted by atomic mass is 10.2. The molecule has 0 saturated heterocycles. The maximum Gasteiger partial charge on any atom is 0.343 e. The summed E-state index contributed by atoms with van der Waals surface area (Å²) in [5, 5.41) is 4.16. The number of benzene rings is 2. The Morgan fingerprint density at radius 3 is 2.50 bits per heavy atom. The van der Waals surface area contributed by atoms with E-state index >= 15 is 0 Å². The van der Waals surface area contributed by atoms with Gasteiger partial charge < -0.3 is 18.9 Å². The number of rotatable bonds is 10. The second kappa shape index (κ2) is 11.7. The zero-order chi connectivity index (χ0) is 21.9. The number of halogens is 1. The zero-order valence-corrected chi connectivity index (χ0v) is 17.7. The van der Waals surface area contributed by atoms with E-state index in [0.29, 0.717) is 29.2 Å². The average Bonchev–Trinajstić information content (AvgIpc) is 2.76. The summed E-state index contributed by atoms with van der Waals surface area (Å²) < 4.78 is 20.6. The van der Waals surface area contributed by atoms with Gasteiger partial charge in [-0.2, -0.15) is 5.10 Å². The third-order valence-electron chi connectivity index (χ3n) is 3.78. The van der Waals surface area contributed by atoms with Crippen molar-refractivity contribution in [2.45, 2.75) is 13.3 Å². The number of nitrogens with one attached hydrogen (secondary N) is 1. The number of nitrogens with zero attached hydrogens (tertiary/aromatic N) is 1. The minimum Gasteiger partial charge on any atom is -0.494 e. The smallest absolute Gasteiger partial charge is 0.343 e. The fourth-order valence-corrected chi connectivity index (χ4v) is 2.57. The van der Waals surface area contributed by atoms with Gasteiger partial charge in [-0.25, -0.2) is 10.2 Å². The Morgan fingerprint density at radius 1 is 1.13 bits per heavy atom. The highest BCUT2D eigenvalue weighted by molar-refractivity contribution is 6.32. The maximum atomic E-state index is 12.2. The van der Waals surface area contributed by atoms with Crippen LogP contribution in [0.4, 0.5) is 0 Å². The van der Waals surface area contributed by atoms with Gasteiger partial charge in [-0.1, -0.05) is 18.5 Å². The summed E-state index contributed by atoms with van der Waals surface area (Å²) in [7, 11) is 2.69. The number of carbonyl (C=O) groups is 2. The quantitative estimate of drug-likeness (QED) is 0.349. The van der Waals surface area contributed by atoms with Crippen molar-refractivity contribution in [3.63, 3.8) is 0 Å². The number of hydrazone groups is 1. The summed E-state index contributed by atoms with van der Waals surface area (Å²) in [4.78, 5) is 23.5. The van der Waals surface area contributed by atoms with Crippen molar-refractivity contribution in [2.24, 2.45) is 5.10 Å². The Kier molecular flexibility index (Phi) is 8.96. The summed E-state index contributed by atoms with van der Waals surface area (Å²) >= 11 is 6.21. The number of carbonyl (C=O) groups excluding carboxylic acids is 2. The van der Waals surface area contributed by atoms with Crippen molar-refractivity contribution in [3.05, 3.63) is 52.5 Å². The van der Waals surface area contributed by atoms with Crippen LogP contribution in [0.25, 0.3) is 0 Å². The highest BCUT2D eigenvalue weighted by Crippen LogP contribution is 2.36. The Balaban J connectivity index is 2.02. The number of methoxy groups -OCH3 is 2. The van der Waals surface area contributed by atoms with Crippen LogP contribution < -0.4 is 19.6 Å². The molecule has 2 rings (SSSR count). The Hall–Kier alpha value is -3.26. The first-order valence-corrected chi connectivity index (χ1v) is 9.49. The van der Waals surface area contributed by atoms with Crippen molar-refractivity contribution in [1.29, 1.82) is 0 Å². The molecule has 2 aromatic rings. The molecule has 0 radical (unpaired) electrons. The van der Waals surface area contributed by atoms with Crippen LogP contribution in [0.15, 0.2) is 41.5 Å². The van der Waals surface area contributed by atoms with Crippen LogP contribution in [0, 0.1) is 0 Å². The summed E-state index contributed by atoms with van der Waals surface area (Å²) in [5.41, 5.74) is 3.45. The molecule has 0 fully saturated rings. The molecule has 0 bridgehead atoms. The van der Waals surface area contributed by atoms with E-state index in [2.05, 4.69) is 15.3 Å². The first-order valence-electron chi connectivity index (χ1n) is 9.11. The maximum absolute atomic E-state index is 12.2. The molecule has 0 aliphatic rings. The summed E-state index contributed by atoms with van der Waals surface area (Å²) in [5.74, 6) is 0.293. The summed E-state index contributed by atoms with van der Waals surface area (Å²) in [6.45, 7) is 2.33. The monoisotopic (exact) mass is 434 g/mol. The van der Waals surface area contributed by atoms with Crippen LogP contribution in [0.2, 0.25) is 5.02 Å². The average molecular weight is 435 g/mol. The minimum atomic E-state index is -0.550. The molecule has 1 amide bonds. The minimum absolute atomic E-state index is 0.205. The molecular weight excluding hydrogens is 412 g/mol. The van der Waals surface area contributed by atoms with Crippen LogP contribution >= 0.6 is 11.6 Å². The predicted molar refractivity (Wildman–Crippen MR) is 113 cm³/mol. The van der Waals surface area contributed by atoms with E-state index in [1.807, 2.05) is 6.92 Å². The fourth-order valence-electron chi connectivity index (χ4n) is 2.30. The second-order valence-electron chi connectivity index (χ2n) is 5.97. The molecular formula is C21H23ClN2O6. The van der Waals surface area contributed by atoms with Gasteiger partial charge in [0.25, 0.3) is 5.91 Å². The molecule has 9 heteroatoms. The number of amides is 1. The van der Waals surface area contributed by atoms with E-state index in [1.54, 1.807) is 36.4 Å². The van der Waals surface area contributed by atoms with Gasteiger partial charge in [-0.3, -0.25) is 4.79 Å². The van der Waals surface area contributed by atoms with E-state index in [0.717, 1.165) is 6.42 Å². The van der Waals surface area contributed by atoms with Crippen molar-refractivity contribution in [2.75, 3.05) is 27.4 Å². The first-order chi connectivity index (χ1) is 14.5. The van der Waals surface area contributed by atoms with Crippen molar-refractivity contribution < 1.29 is 28.5 Å². The highest BCUT2D eigenvalue weighted by atomic mass is 35.5. The van der Waals surface area contributed by atoms with Gasteiger partial charge in [0, 0.05) is 5.56 Å². The lowest BCUT2D eigenvalue weighted by Crippen LogP contribution is -2.17. The lowest BCUT2D eigenvalue weighted by molar-refractivity contribution is -0.142. The Morgan fingerprint density at radius 2 is 1.87 bits per heavy atom. The molecule has 160 valence electrons. The number of ether oxygens (including phenoxy) is 4. The molecule has 8 nitrogen and oxygen atoms in total. The van der Waals surface area contributed by atoms with E-state index in [4.69, 9.17) is 25.8 Å². The van der Waals surface area contributed by atoms with Crippen LogP contribution in [-0.2, 0) is 9.53 Å². The Bertz CT molecular complexity index is 899. The molecule has 0 heterocycles. The largest absolute Gasteiger partial charge is 0.494 e. The van der Waals surface area contributed by atoms with Gasteiger partial charge >= 0.3 is 5.97 Å². The van der Waals surface area contributed by atoms with Gasteiger partial charge in [0.05, 0.1) is 32.1 Å². The highest BCUT2D eigenvalue weighted by Gasteiger charge is 2.13.